The van der Waals surface area contributed by atoms with Crippen molar-refractivity contribution >= 4 is 0 Å². The van der Waals surface area contributed by atoms with E-state index in [9.17, 15) is 8.78 Å². The predicted octanol–water partition coefficient (Wildman–Crippen LogP) is 3.84. The van der Waals surface area contributed by atoms with Gasteiger partial charge in [-0.1, -0.05) is 5.16 Å². The Morgan fingerprint density at radius 3 is 2.50 bits per heavy atom. The van der Waals surface area contributed by atoms with Crippen LogP contribution in [0.5, 0.6) is 0 Å². The average molecular weight is 351 g/mol. The van der Waals surface area contributed by atoms with Crippen LogP contribution in [0.4, 0.5) is 8.78 Å². The van der Waals surface area contributed by atoms with Crippen molar-refractivity contribution in [3.05, 3.63) is 66.4 Å². The minimum absolute atomic E-state index is 0.136. The number of hydrogen-bond acceptors (Lipinski definition) is 6. The van der Waals surface area contributed by atoms with Gasteiger partial charge in [0.05, 0.1) is 11.9 Å². The largest absolute Gasteiger partial charge is 0.334 e. The van der Waals surface area contributed by atoms with Gasteiger partial charge in [0.1, 0.15) is 11.5 Å². The van der Waals surface area contributed by atoms with Crippen molar-refractivity contribution in [3.63, 3.8) is 0 Å². The number of nitrogens with zero attached hydrogens (tertiary/aromatic N) is 5. The fraction of sp³-hybridized carbons (Fsp3) is 0.0556. The molecule has 0 spiro atoms. The lowest BCUT2D eigenvalue weighted by Crippen LogP contribution is -1.97. The van der Waals surface area contributed by atoms with Crippen molar-refractivity contribution < 1.29 is 13.3 Å². The van der Waals surface area contributed by atoms with E-state index in [-0.39, 0.29) is 17.1 Å². The van der Waals surface area contributed by atoms with Crippen LogP contribution in [0.3, 0.4) is 0 Å². The molecule has 0 atom stereocenters. The van der Waals surface area contributed by atoms with Gasteiger partial charge in [-0.25, -0.2) is 13.8 Å². The molecule has 0 aromatic carbocycles. The van der Waals surface area contributed by atoms with Crippen LogP contribution < -0.4 is 0 Å². The highest BCUT2D eigenvalue weighted by molar-refractivity contribution is 5.69. The van der Waals surface area contributed by atoms with Crippen LogP contribution in [-0.2, 0) is 0 Å². The van der Waals surface area contributed by atoms with Gasteiger partial charge >= 0.3 is 0 Å². The Kier molecular flexibility index (Phi) is 3.92. The van der Waals surface area contributed by atoms with Crippen molar-refractivity contribution in [1.82, 2.24) is 25.1 Å². The summed E-state index contributed by atoms with van der Waals surface area (Å²) in [7, 11) is 0. The molecule has 0 bridgehead atoms. The normalized spacial score (nSPS) is 10.9. The van der Waals surface area contributed by atoms with E-state index in [0.29, 0.717) is 22.7 Å². The minimum atomic E-state index is -0.558. The summed E-state index contributed by atoms with van der Waals surface area (Å²) < 4.78 is 33.2. The third-order valence-electron chi connectivity index (χ3n) is 3.72. The first kappa shape index (κ1) is 15.9. The van der Waals surface area contributed by atoms with Crippen molar-refractivity contribution in [2.45, 2.75) is 6.92 Å². The van der Waals surface area contributed by atoms with Gasteiger partial charge in [0, 0.05) is 35.3 Å². The Hall–Kier alpha value is -3.55. The molecular formula is C18H11F2N5O. The van der Waals surface area contributed by atoms with Gasteiger partial charge in [0.15, 0.2) is 5.82 Å². The summed E-state index contributed by atoms with van der Waals surface area (Å²) in [5.41, 5.74) is 1.61. The van der Waals surface area contributed by atoms with Crippen LogP contribution in [0.1, 0.15) is 5.69 Å². The highest BCUT2D eigenvalue weighted by Crippen LogP contribution is 2.29. The predicted molar refractivity (Wildman–Crippen MR) is 88.6 cm³/mol. The standard InChI is InChI=1S/C18H11F2N5O/c1-10-16(20)14(12-6-13(19)9-22-8-12)7-15(23-10)17-24-18(26-25-17)11-2-4-21-5-3-11/h2-9H,1H3. The molecule has 128 valence electrons. The third-order valence-corrected chi connectivity index (χ3v) is 3.72. The fourth-order valence-electron chi connectivity index (χ4n) is 2.48. The number of halogens is 2. The van der Waals surface area contributed by atoms with Crippen molar-refractivity contribution in [2.75, 3.05) is 0 Å². The van der Waals surface area contributed by atoms with Crippen LogP contribution in [0.25, 0.3) is 34.1 Å². The lowest BCUT2D eigenvalue weighted by molar-refractivity contribution is 0.432. The van der Waals surface area contributed by atoms with E-state index in [0.717, 1.165) is 6.20 Å². The molecule has 0 aliphatic carbocycles. The summed E-state index contributed by atoms with van der Waals surface area (Å²) in [6.07, 6.45) is 5.64. The van der Waals surface area contributed by atoms with E-state index >= 15 is 0 Å². The van der Waals surface area contributed by atoms with Crippen LogP contribution in [0, 0.1) is 18.6 Å². The number of aryl methyl sites for hydroxylation is 1. The molecule has 0 radical (unpaired) electrons. The quantitative estimate of drug-likeness (QED) is 0.558. The van der Waals surface area contributed by atoms with Gasteiger partial charge in [-0.2, -0.15) is 4.98 Å². The van der Waals surface area contributed by atoms with Gasteiger partial charge in [-0.3, -0.25) is 9.97 Å². The number of aromatic nitrogens is 5. The highest BCUT2D eigenvalue weighted by Gasteiger charge is 2.17. The van der Waals surface area contributed by atoms with Gasteiger partial charge in [-0.05, 0) is 31.2 Å². The molecule has 0 unspecified atom stereocenters. The Bertz CT molecular complexity index is 1080. The molecule has 0 fully saturated rings. The van der Waals surface area contributed by atoms with Gasteiger partial charge in [0.2, 0.25) is 5.82 Å². The number of hydrogen-bond donors (Lipinski definition) is 0. The zero-order valence-electron chi connectivity index (χ0n) is 13.5. The lowest BCUT2D eigenvalue weighted by Gasteiger charge is -2.07. The van der Waals surface area contributed by atoms with E-state index in [1.807, 2.05) is 0 Å². The molecule has 4 rings (SSSR count). The Morgan fingerprint density at radius 2 is 1.73 bits per heavy atom. The molecule has 6 nitrogen and oxygen atoms in total. The van der Waals surface area contributed by atoms with Crippen LogP contribution >= 0.6 is 0 Å². The fourth-order valence-corrected chi connectivity index (χ4v) is 2.48. The van der Waals surface area contributed by atoms with Crippen LogP contribution in [-0.4, -0.2) is 25.1 Å². The molecule has 8 heteroatoms. The second-order valence-electron chi connectivity index (χ2n) is 5.51. The van der Waals surface area contributed by atoms with Gasteiger partial charge in [0.25, 0.3) is 5.89 Å². The van der Waals surface area contributed by atoms with Gasteiger partial charge in [-0.15, -0.1) is 0 Å². The van der Waals surface area contributed by atoms with Crippen molar-refractivity contribution in [2.24, 2.45) is 0 Å². The summed E-state index contributed by atoms with van der Waals surface area (Å²) >= 11 is 0. The first-order valence-electron chi connectivity index (χ1n) is 7.64. The molecule has 0 aliphatic rings. The monoisotopic (exact) mass is 351 g/mol. The topological polar surface area (TPSA) is 77.6 Å². The molecule has 0 saturated carbocycles. The maximum absolute atomic E-state index is 14.5. The molecule has 4 aromatic rings. The molecule has 4 heterocycles. The van der Waals surface area contributed by atoms with Crippen LogP contribution in [0.2, 0.25) is 0 Å². The van der Waals surface area contributed by atoms with Crippen molar-refractivity contribution in [1.29, 1.82) is 0 Å². The SMILES string of the molecule is Cc1nc(-c2noc(-c3ccncc3)n2)cc(-c2cncc(F)c2)c1F. The van der Waals surface area contributed by atoms with E-state index in [2.05, 4.69) is 25.1 Å². The lowest BCUT2D eigenvalue weighted by atomic mass is 10.1. The first-order valence-corrected chi connectivity index (χ1v) is 7.64. The molecule has 0 N–H and O–H groups in total. The molecule has 0 aliphatic heterocycles. The van der Waals surface area contributed by atoms with Crippen LogP contribution in [0.15, 0.2) is 53.6 Å². The molecule has 4 aromatic heterocycles. The van der Waals surface area contributed by atoms with Gasteiger partial charge < -0.3 is 4.52 Å². The van der Waals surface area contributed by atoms with E-state index in [1.54, 1.807) is 24.5 Å². The molecular weight excluding hydrogens is 340 g/mol. The summed E-state index contributed by atoms with van der Waals surface area (Å²) in [6.45, 7) is 1.51. The third kappa shape index (κ3) is 2.92. The van der Waals surface area contributed by atoms with E-state index < -0.39 is 11.6 Å². The number of rotatable bonds is 3. The summed E-state index contributed by atoms with van der Waals surface area (Å²) in [5, 5.41) is 3.90. The second-order valence-corrected chi connectivity index (χ2v) is 5.51. The maximum atomic E-state index is 14.5. The van der Waals surface area contributed by atoms with E-state index in [4.69, 9.17) is 4.52 Å². The minimum Gasteiger partial charge on any atom is -0.334 e. The highest BCUT2D eigenvalue weighted by atomic mass is 19.1. The average Bonchev–Trinajstić information content (AvgIpc) is 3.15. The Labute approximate surface area is 146 Å². The van der Waals surface area contributed by atoms with E-state index in [1.165, 1.54) is 25.3 Å². The molecule has 0 saturated heterocycles. The zero-order chi connectivity index (χ0) is 18.1. The Balaban J connectivity index is 1.80. The molecule has 26 heavy (non-hydrogen) atoms. The summed E-state index contributed by atoms with van der Waals surface area (Å²) in [5.74, 6) is -0.623. The zero-order valence-corrected chi connectivity index (χ0v) is 13.5. The Morgan fingerprint density at radius 1 is 0.923 bits per heavy atom. The maximum Gasteiger partial charge on any atom is 0.258 e. The summed E-state index contributed by atoms with van der Waals surface area (Å²) in [6, 6.07) is 6.10. The molecule has 0 amide bonds. The number of pyridine rings is 3. The second kappa shape index (κ2) is 6.40. The summed E-state index contributed by atoms with van der Waals surface area (Å²) in [4.78, 5) is 16.2. The smallest absolute Gasteiger partial charge is 0.258 e. The van der Waals surface area contributed by atoms with Crippen molar-refractivity contribution in [3.8, 4) is 34.1 Å². The first-order chi connectivity index (χ1) is 12.6.